The summed E-state index contributed by atoms with van der Waals surface area (Å²) in [5.41, 5.74) is 2.10. The standard InChI is InChI=1S/C11H19N5/c1-4-9-10(5-2)14-15-11(13-9)16(3)8-6-12-7-8/h8,12H,4-7H2,1-3H3. The number of hydrogen-bond donors (Lipinski definition) is 1. The van der Waals surface area contributed by atoms with Crippen molar-refractivity contribution in [2.75, 3.05) is 25.0 Å². The molecule has 0 aromatic carbocycles. The molecule has 1 saturated heterocycles. The van der Waals surface area contributed by atoms with Crippen molar-refractivity contribution in [3.05, 3.63) is 11.4 Å². The van der Waals surface area contributed by atoms with Crippen molar-refractivity contribution in [2.45, 2.75) is 32.7 Å². The first-order chi connectivity index (χ1) is 7.76. The van der Waals surface area contributed by atoms with Crippen LogP contribution in [0.1, 0.15) is 25.2 Å². The molecule has 1 N–H and O–H groups in total. The number of likely N-dealkylation sites (N-methyl/N-ethyl adjacent to an activating group) is 1. The van der Waals surface area contributed by atoms with Crippen molar-refractivity contribution in [2.24, 2.45) is 0 Å². The van der Waals surface area contributed by atoms with Gasteiger partial charge in [-0.3, -0.25) is 0 Å². The maximum absolute atomic E-state index is 4.59. The van der Waals surface area contributed by atoms with Gasteiger partial charge in [0.15, 0.2) is 0 Å². The van der Waals surface area contributed by atoms with E-state index in [2.05, 4.69) is 39.2 Å². The van der Waals surface area contributed by atoms with E-state index in [0.29, 0.717) is 6.04 Å². The van der Waals surface area contributed by atoms with Crippen LogP contribution in [-0.2, 0) is 12.8 Å². The Morgan fingerprint density at radius 1 is 1.19 bits per heavy atom. The molecule has 0 spiro atoms. The Balaban J connectivity index is 2.20. The first-order valence-corrected chi connectivity index (χ1v) is 5.92. The molecule has 88 valence electrons. The summed E-state index contributed by atoms with van der Waals surface area (Å²) in [6, 6.07) is 0.513. The third kappa shape index (κ3) is 2.00. The summed E-state index contributed by atoms with van der Waals surface area (Å²) in [6.45, 7) is 6.22. The zero-order valence-electron chi connectivity index (χ0n) is 10.2. The average Bonchev–Trinajstić information content (AvgIpc) is 2.25. The summed E-state index contributed by atoms with van der Waals surface area (Å²) in [4.78, 5) is 6.70. The van der Waals surface area contributed by atoms with Crippen molar-refractivity contribution >= 4 is 5.95 Å². The number of anilines is 1. The lowest BCUT2D eigenvalue weighted by Gasteiger charge is -2.35. The van der Waals surface area contributed by atoms with E-state index < -0.39 is 0 Å². The summed E-state index contributed by atoms with van der Waals surface area (Å²) >= 11 is 0. The van der Waals surface area contributed by atoms with Gasteiger partial charge in [-0.05, 0) is 12.8 Å². The molecule has 0 saturated carbocycles. The highest BCUT2D eigenvalue weighted by Crippen LogP contribution is 2.13. The van der Waals surface area contributed by atoms with E-state index in [9.17, 15) is 0 Å². The predicted molar refractivity (Wildman–Crippen MR) is 63.6 cm³/mol. The Kier molecular flexibility index (Phi) is 3.33. The van der Waals surface area contributed by atoms with Gasteiger partial charge in [0.25, 0.3) is 0 Å². The number of aromatic nitrogens is 3. The molecule has 5 nitrogen and oxygen atoms in total. The molecular formula is C11H19N5. The zero-order valence-corrected chi connectivity index (χ0v) is 10.2. The van der Waals surface area contributed by atoms with Crippen LogP contribution in [0.15, 0.2) is 0 Å². The number of aryl methyl sites for hydroxylation is 2. The monoisotopic (exact) mass is 221 g/mol. The lowest BCUT2D eigenvalue weighted by atomic mass is 10.1. The van der Waals surface area contributed by atoms with Crippen LogP contribution in [-0.4, -0.2) is 41.4 Å². The van der Waals surface area contributed by atoms with Gasteiger partial charge >= 0.3 is 0 Å². The van der Waals surface area contributed by atoms with Crippen molar-refractivity contribution < 1.29 is 0 Å². The molecule has 1 aromatic heterocycles. The van der Waals surface area contributed by atoms with Gasteiger partial charge in [-0.2, -0.15) is 5.10 Å². The highest BCUT2D eigenvalue weighted by molar-refractivity contribution is 5.32. The van der Waals surface area contributed by atoms with Crippen LogP contribution in [0.5, 0.6) is 0 Å². The first kappa shape index (κ1) is 11.3. The van der Waals surface area contributed by atoms with Crippen LogP contribution < -0.4 is 10.2 Å². The maximum Gasteiger partial charge on any atom is 0.245 e. The smallest absolute Gasteiger partial charge is 0.245 e. The third-order valence-electron chi connectivity index (χ3n) is 3.12. The maximum atomic E-state index is 4.59. The zero-order chi connectivity index (χ0) is 11.5. The lowest BCUT2D eigenvalue weighted by Crippen LogP contribution is -2.56. The Hall–Kier alpha value is -1.23. The fourth-order valence-electron chi connectivity index (χ4n) is 1.79. The predicted octanol–water partition coefficient (Wildman–Crippen LogP) is 0.404. The largest absolute Gasteiger partial charge is 0.337 e. The minimum Gasteiger partial charge on any atom is -0.337 e. The number of nitrogens with zero attached hydrogens (tertiary/aromatic N) is 4. The quantitative estimate of drug-likeness (QED) is 0.798. The third-order valence-corrected chi connectivity index (χ3v) is 3.12. The van der Waals surface area contributed by atoms with Gasteiger partial charge in [-0.1, -0.05) is 13.8 Å². The molecule has 1 aromatic rings. The molecule has 2 heterocycles. The van der Waals surface area contributed by atoms with Gasteiger partial charge in [0.05, 0.1) is 17.4 Å². The Morgan fingerprint density at radius 2 is 1.88 bits per heavy atom. The summed E-state index contributed by atoms with van der Waals surface area (Å²) in [7, 11) is 2.04. The molecule has 0 bridgehead atoms. The number of hydrogen-bond acceptors (Lipinski definition) is 5. The topological polar surface area (TPSA) is 53.9 Å². The van der Waals surface area contributed by atoms with E-state index in [0.717, 1.165) is 43.3 Å². The Morgan fingerprint density at radius 3 is 2.38 bits per heavy atom. The second kappa shape index (κ2) is 4.74. The molecule has 1 aliphatic rings. The fraction of sp³-hybridized carbons (Fsp3) is 0.727. The molecule has 0 unspecified atom stereocenters. The second-order valence-corrected chi connectivity index (χ2v) is 4.14. The minimum atomic E-state index is 0.513. The molecule has 5 heteroatoms. The van der Waals surface area contributed by atoms with Gasteiger partial charge < -0.3 is 10.2 Å². The van der Waals surface area contributed by atoms with Crippen LogP contribution in [0.25, 0.3) is 0 Å². The van der Waals surface area contributed by atoms with Gasteiger partial charge in [-0.15, -0.1) is 5.10 Å². The van der Waals surface area contributed by atoms with Crippen LogP contribution in [0.2, 0.25) is 0 Å². The molecule has 2 rings (SSSR count). The van der Waals surface area contributed by atoms with Crippen molar-refractivity contribution in [1.29, 1.82) is 0 Å². The highest BCUT2D eigenvalue weighted by atomic mass is 15.3. The molecule has 0 radical (unpaired) electrons. The molecule has 16 heavy (non-hydrogen) atoms. The SMILES string of the molecule is CCc1nnc(N(C)C2CNC2)nc1CC. The molecule has 0 atom stereocenters. The van der Waals surface area contributed by atoms with Crippen molar-refractivity contribution in [3.63, 3.8) is 0 Å². The van der Waals surface area contributed by atoms with Crippen LogP contribution in [0, 0.1) is 0 Å². The van der Waals surface area contributed by atoms with Gasteiger partial charge in [-0.25, -0.2) is 4.98 Å². The Labute approximate surface area is 96.3 Å². The van der Waals surface area contributed by atoms with E-state index in [4.69, 9.17) is 0 Å². The fourth-order valence-corrected chi connectivity index (χ4v) is 1.79. The van der Waals surface area contributed by atoms with Gasteiger partial charge in [0, 0.05) is 20.1 Å². The van der Waals surface area contributed by atoms with E-state index in [1.807, 2.05) is 7.05 Å². The van der Waals surface area contributed by atoms with Crippen LogP contribution >= 0.6 is 0 Å². The van der Waals surface area contributed by atoms with Crippen LogP contribution in [0.3, 0.4) is 0 Å². The van der Waals surface area contributed by atoms with Crippen molar-refractivity contribution in [1.82, 2.24) is 20.5 Å². The highest BCUT2D eigenvalue weighted by Gasteiger charge is 2.24. The summed E-state index contributed by atoms with van der Waals surface area (Å²) < 4.78 is 0. The minimum absolute atomic E-state index is 0.513. The Bertz CT molecular complexity index is 361. The average molecular weight is 221 g/mol. The van der Waals surface area contributed by atoms with Gasteiger partial charge in [0.2, 0.25) is 5.95 Å². The molecule has 1 aliphatic heterocycles. The summed E-state index contributed by atoms with van der Waals surface area (Å²) in [6.07, 6.45) is 1.82. The molecule has 1 fully saturated rings. The summed E-state index contributed by atoms with van der Waals surface area (Å²) in [5, 5.41) is 11.7. The normalized spacial score (nSPS) is 15.9. The van der Waals surface area contributed by atoms with Crippen molar-refractivity contribution in [3.8, 4) is 0 Å². The number of rotatable bonds is 4. The molecule has 0 aliphatic carbocycles. The number of nitrogens with one attached hydrogen (secondary N) is 1. The summed E-state index contributed by atoms with van der Waals surface area (Å²) in [5.74, 6) is 0.751. The molecular weight excluding hydrogens is 202 g/mol. The van der Waals surface area contributed by atoms with Gasteiger partial charge in [0.1, 0.15) is 0 Å². The second-order valence-electron chi connectivity index (χ2n) is 4.14. The lowest BCUT2D eigenvalue weighted by molar-refractivity contribution is 0.423. The first-order valence-electron chi connectivity index (χ1n) is 5.92. The van der Waals surface area contributed by atoms with E-state index in [1.54, 1.807) is 0 Å². The van der Waals surface area contributed by atoms with E-state index >= 15 is 0 Å². The molecule has 0 amide bonds. The van der Waals surface area contributed by atoms with Crippen LogP contribution in [0.4, 0.5) is 5.95 Å². The van der Waals surface area contributed by atoms with E-state index in [1.165, 1.54) is 0 Å². The van der Waals surface area contributed by atoms with E-state index in [-0.39, 0.29) is 0 Å².